The standard InChI is InChI=1S/C11H15N3O4/c1-7-8(3-12-13-7)10(17)14-5-11(2,6-14)18-4-9(15)16/h3H,4-6H2,1-2H3,(H,12,13)(H,15,16). The van der Waals surface area contributed by atoms with Crippen LogP contribution in [-0.2, 0) is 9.53 Å². The number of carboxylic acid groups (broad SMARTS) is 1. The van der Waals surface area contributed by atoms with Crippen LogP contribution < -0.4 is 0 Å². The lowest BCUT2D eigenvalue weighted by atomic mass is 9.95. The smallest absolute Gasteiger partial charge is 0.329 e. The number of aryl methyl sites for hydroxylation is 1. The molecular formula is C11H15N3O4. The van der Waals surface area contributed by atoms with Crippen LogP contribution in [0.5, 0.6) is 0 Å². The van der Waals surface area contributed by atoms with Crippen molar-refractivity contribution in [3.63, 3.8) is 0 Å². The number of nitrogens with zero attached hydrogens (tertiary/aromatic N) is 2. The van der Waals surface area contributed by atoms with E-state index in [4.69, 9.17) is 9.84 Å². The minimum atomic E-state index is -1.01. The number of aromatic nitrogens is 2. The van der Waals surface area contributed by atoms with Gasteiger partial charge in [0.25, 0.3) is 5.91 Å². The average Bonchev–Trinajstić information content (AvgIpc) is 2.68. The first kappa shape index (κ1) is 12.6. The van der Waals surface area contributed by atoms with Crippen molar-refractivity contribution in [2.45, 2.75) is 19.4 Å². The topological polar surface area (TPSA) is 95.5 Å². The molecule has 1 aromatic rings. The van der Waals surface area contributed by atoms with Gasteiger partial charge in [0.05, 0.1) is 24.8 Å². The number of amides is 1. The predicted molar refractivity (Wildman–Crippen MR) is 61.2 cm³/mol. The number of hydrogen-bond acceptors (Lipinski definition) is 4. The van der Waals surface area contributed by atoms with Gasteiger partial charge in [-0.2, -0.15) is 5.10 Å². The van der Waals surface area contributed by atoms with Crippen LogP contribution in [0, 0.1) is 6.92 Å². The van der Waals surface area contributed by atoms with Crippen LogP contribution in [0.3, 0.4) is 0 Å². The van der Waals surface area contributed by atoms with Crippen molar-refractivity contribution in [1.29, 1.82) is 0 Å². The zero-order chi connectivity index (χ0) is 13.3. The summed E-state index contributed by atoms with van der Waals surface area (Å²) in [6.07, 6.45) is 1.49. The van der Waals surface area contributed by atoms with Gasteiger partial charge >= 0.3 is 5.97 Å². The fraction of sp³-hybridized carbons (Fsp3) is 0.545. The minimum absolute atomic E-state index is 0.113. The van der Waals surface area contributed by atoms with Crippen molar-refractivity contribution < 1.29 is 19.4 Å². The third kappa shape index (κ3) is 2.35. The molecule has 98 valence electrons. The molecule has 1 saturated heterocycles. The zero-order valence-corrected chi connectivity index (χ0v) is 10.3. The van der Waals surface area contributed by atoms with Gasteiger partial charge in [0, 0.05) is 5.69 Å². The normalized spacial score (nSPS) is 17.3. The molecule has 1 aliphatic heterocycles. The van der Waals surface area contributed by atoms with Gasteiger partial charge in [0.15, 0.2) is 0 Å². The summed E-state index contributed by atoms with van der Waals surface area (Å²) in [4.78, 5) is 24.1. The van der Waals surface area contributed by atoms with Crippen LogP contribution >= 0.6 is 0 Å². The highest BCUT2D eigenvalue weighted by atomic mass is 16.5. The van der Waals surface area contributed by atoms with Gasteiger partial charge in [-0.15, -0.1) is 0 Å². The number of carboxylic acids is 1. The van der Waals surface area contributed by atoms with Crippen molar-refractivity contribution in [3.05, 3.63) is 17.5 Å². The summed E-state index contributed by atoms with van der Waals surface area (Å²) >= 11 is 0. The highest BCUT2D eigenvalue weighted by molar-refractivity contribution is 5.95. The minimum Gasteiger partial charge on any atom is -0.480 e. The molecule has 7 nitrogen and oxygen atoms in total. The maximum absolute atomic E-state index is 12.0. The second-order valence-electron chi connectivity index (χ2n) is 4.70. The first-order valence-electron chi connectivity index (χ1n) is 5.56. The largest absolute Gasteiger partial charge is 0.480 e. The van der Waals surface area contributed by atoms with Crippen molar-refractivity contribution in [1.82, 2.24) is 15.1 Å². The van der Waals surface area contributed by atoms with Crippen LogP contribution in [-0.4, -0.2) is 57.4 Å². The van der Waals surface area contributed by atoms with Crippen molar-refractivity contribution in [2.75, 3.05) is 19.7 Å². The van der Waals surface area contributed by atoms with E-state index in [1.54, 1.807) is 18.7 Å². The first-order chi connectivity index (χ1) is 8.41. The second-order valence-corrected chi connectivity index (χ2v) is 4.70. The van der Waals surface area contributed by atoms with Crippen molar-refractivity contribution in [2.24, 2.45) is 0 Å². The van der Waals surface area contributed by atoms with Gasteiger partial charge in [0.1, 0.15) is 12.2 Å². The van der Waals surface area contributed by atoms with Crippen molar-refractivity contribution in [3.8, 4) is 0 Å². The number of H-pyrrole nitrogens is 1. The lowest BCUT2D eigenvalue weighted by Crippen LogP contribution is -2.63. The predicted octanol–water partition coefficient (Wildman–Crippen LogP) is 0.0338. The number of carbonyl (C=O) groups is 2. The molecule has 0 aliphatic carbocycles. The molecule has 2 heterocycles. The molecule has 7 heteroatoms. The van der Waals surface area contributed by atoms with E-state index in [0.717, 1.165) is 5.69 Å². The van der Waals surface area contributed by atoms with Gasteiger partial charge in [-0.1, -0.05) is 0 Å². The SMILES string of the molecule is Cc1[nH]ncc1C(=O)N1CC(C)(OCC(=O)O)C1. The molecular weight excluding hydrogens is 238 g/mol. The monoisotopic (exact) mass is 253 g/mol. The molecule has 18 heavy (non-hydrogen) atoms. The number of ether oxygens (including phenoxy) is 1. The molecule has 1 fully saturated rings. The molecule has 2 N–H and O–H groups in total. The molecule has 1 amide bonds. The molecule has 0 aromatic carbocycles. The summed E-state index contributed by atoms with van der Waals surface area (Å²) in [5.74, 6) is -1.12. The van der Waals surface area contributed by atoms with Crippen LogP contribution in [0.2, 0.25) is 0 Å². The Hall–Kier alpha value is -1.89. The van der Waals surface area contributed by atoms with E-state index >= 15 is 0 Å². The summed E-state index contributed by atoms with van der Waals surface area (Å²) in [5.41, 5.74) is 0.696. The molecule has 0 atom stereocenters. The summed E-state index contributed by atoms with van der Waals surface area (Å²) in [6, 6.07) is 0. The summed E-state index contributed by atoms with van der Waals surface area (Å²) < 4.78 is 5.24. The molecule has 2 rings (SSSR count). The lowest BCUT2D eigenvalue weighted by molar-refractivity contribution is -0.159. The fourth-order valence-corrected chi connectivity index (χ4v) is 1.97. The molecule has 0 radical (unpaired) electrons. The Labute approximate surface area is 104 Å². The second kappa shape index (κ2) is 4.41. The van der Waals surface area contributed by atoms with E-state index in [2.05, 4.69) is 10.2 Å². The number of rotatable bonds is 4. The van der Waals surface area contributed by atoms with E-state index in [0.29, 0.717) is 18.7 Å². The van der Waals surface area contributed by atoms with Gasteiger partial charge in [0.2, 0.25) is 0 Å². The number of nitrogens with one attached hydrogen (secondary N) is 1. The molecule has 0 saturated carbocycles. The van der Waals surface area contributed by atoms with Crippen LogP contribution in [0.15, 0.2) is 6.20 Å². The Morgan fingerprint density at radius 1 is 1.61 bits per heavy atom. The Bertz CT molecular complexity index is 476. The van der Waals surface area contributed by atoms with E-state index in [1.165, 1.54) is 6.20 Å². The Morgan fingerprint density at radius 3 is 2.78 bits per heavy atom. The lowest BCUT2D eigenvalue weighted by Gasteiger charge is -2.47. The fourth-order valence-electron chi connectivity index (χ4n) is 1.97. The van der Waals surface area contributed by atoms with E-state index in [9.17, 15) is 9.59 Å². The summed E-state index contributed by atoms with van der Waals surface area (Å²) in [6.45, 7) is 4.01. The zero-order valence-electron chi connectivity index (χ0n) is 10.3. The maximum Gasteiger partial charge on any atom is 0.329 e. The van der Waals surface area contributed by atoms with Gasteiger partial charge < -0.3 is 14.7 Å². The third-order valence-corrected chi connectivity index (χ3v) is 2.94. The highest BCUT2D eigenvalue weighted by Gasteiger charge is 2.43. The van der Waals surface area contributed by atoms with Crippen LogP contribution in [0.4, 0.5) is 0 Å². The van der Waals surface area contributed by atoms with Crippen molar-refractivity contribution >= 4 is 11.9 Å². The number of aliphatic carboxylic acids is 1. The van der Waals surface area contributed by atoms with Gasteiger partial charge in [-0.25, -0.2) is 4.79 Å². The highest BCUT2D eigenvalue weighted by Crippen LogP contribution is 2.26. The molecule has 0 spiro atoms. The third-order valence-electron chi connectivity index (χ3n) is 2.94. The number of carbonyl (C=O) groups excluding carboxylic acids is 1. The van der Waals surface area contributed by atoms with E-state index < -0.39 is 11.6 Å². The van der Waals surface area contributed by atoms with E-state index in [1.807, 2.05) is 0 Å². The quantitative estimate of drug-likeness (QED) is 0.789. The Kier molecular flexibility index (Phi) is 3.08. The number of hydrogen-bond donors (Lipinski definition) is 2. The maximum atomic E-state index is 12.0. The van der Waals surface area contributed by atoms with Gasteiger partial charge in [-0.05, 0) is 13.8 Å². The molecule has 1 aliphatic rings. The molecule has 0 bridgehead atoms. The van der Waals surface area contributed by atoms with Crippen LogP contribution in [0.25, 0.3) is 0 Å². The summed E-state index contributed by atoms with van der Waals surface area (Å²) in [7, 11) is 0. The van der Waals surface area contributed by atoms with Gasteiger partial charge in [-0.3, -0.25) is 9.89 Å². The Balaban J connectivity index is 1.91. The van der Waals surface area contributed by atoms with Crippen LogP contribution in [0.1, 0.15) is 23.0 Å². The summed E-state index contributed by atoms with van der Waals surface area (Å²) in [5, 5.41) is 15.0. The molecule has 1 aromatic heterocycles. The number of aromatic amines is 1. The first-order valence-corrected chi connectivity index (χ1v) is 5.56. The Morgan fingerprint density at radius 2 is 2.28 bits per heavy atom. The molecule has 0 unspecified atom stereocenters. The number of likely N-dealkylation sites (tertiary alicyclic amines) is 1. The average molecular weight is 253 g/mol. The van der Waals surface area contributed by atoms with E-state index in [-0.39, 0.29) is 12.5 Å².